The molecule has 0 bridgehead atoms. The molecule has 126 valence electrons. The minimum Gasteiger partial charge on any atom is -0.361 e. The first-order valence-corrected chi connectivity index (χ1v) is 7.69. The van der Waals surface area contributed by atoms with E-state index < -0.39 is 0 Å². The molecule has 24 heavy (non-hydrogen) atoms. The molecule has 7 heteroatoms. The van der Waals surface area contributed by atoms with E-state index in [0.29, 0.717) is 18.7 Å². The van der Waals surface area contributed by atoms with Gasteiger partial charge in [-0.05, 0) is 36.7 Å². The van der Waals surface area contributed by atoms with Crippen molar-refractivity contribution in [1.29, 1.82) is 0 Å². The van der Waals surface area contributed by atoms with Crippen molar-refractivity contribution in [2.45, 2.75) is 13.0 Å². The Balaban J connectivity index is 1.65. The Kier molecular flexibility index (Phi) is 4.35. The van der Waals surface area contributed by atoms with Gasteiger partial charge in [0, 0.05) is 49.5 Å². The smallest absolute Gasteiger partial charge is 0.330 e. The van der Waals surface area contributed by atoms with Crippen LogP contribution in [-0.4, -0.2) is 20.7 Å². The number of benzene rings is 1. The van der Waals surface area contributed by atoms with Crippen LogP contribution < -0.4 is 16.6 Å². The number of nitrogens with one attached hydrogen (secondary N) is 2. The van der Waals surface area contributed by atoms with E-state index in [4.69, 9.17) is 0 Å². The summed E-state index contributed by atoms with van der Waals surface area (Å²) in [6, 6.07) is 4.68. The summed E-state index contributed by atoms with van der Waals surface area (Å²) < 4.78 is 15.7. The Morgan fingerprint density at radius 1 is 1.21 bits per heavy atom. The van der Waals surface area contributed by atoms with Gasteiger partial charge in [-0.2, -0.15) is 0 Å². The summed E-state index contributed by atoms with van der Waals surface area (Å²) in [5, 5.41) is 4.21. The lowest BCUT2D eigenvalue weighted by Gasteiger charge is -2.08. The van der Waals surface area contributed by atoms with Crippen molar-refractivity contribution >= 4 is 10.9 Å². The molecule has 3 aromatic rings. The summed E-state index contributed by atoms with van der Waals surface area (Å²) in [7, 11) is 3.09. The van der Waals surface area contributed by atoms with E-state index in [0.717, 1.165) is 27.5 Å². The first-order chi connectivity index (χ1) is 11.5. The zero-order valence-electron chi connectivity index (χ0n) is 13.6. The van der Waals surface area contributed by atoms with Gasteiger partial charge in [0.25, 0.3) is 5.56 Å². The lowest BCUT2D eigenvalue weighted by atomic mass is 10.1. The molecule has 2 N–H and O–H groups in total. The van der Waals surface area contributed by atoms with Crippen LogP contribution in [0, 0.1) is 5.82 Å². The monoisotopic (exact) mass is 330 g/mol. The Labute approximate surface area is 137 Å². The summed E-state index contributed by atoms with van der Waals surface area (Å²) in [4.78, 5) is 26.7. The van der Waals surface area contributed by atoms with Crippen LogP contribution in [0.3, 0.4) is 0 Å². The Hall–Kier alpha value is -2.67. The second-order valence-corrected chi connectivity index (χ2v) is 5.84. The van der Waals surface area contributed by atoms with Crippen LogP contribution in [0.4, 0.5) is 4.39 Å². The minimum absolute atomic E-state index is 0.264. The van der Waals surface area contributed by atoms with Gasteiger partial charge in [-0.1, -0.05) is 0 Å². The third-order valence-corrected chi connectivity index (χ3v) is 4.13. The van der Waals surface area contributed by atoms with E-state index in [1.54, 1.807) is 19.3 Å². The van der Waals surface area contributed by atoms with Crippen LogP contribution in [0.2, 0.25) is 0 Å². The van der Waals surface area contributed by atoms with E-state index >= 15 is 0 Å². The van der Waals surface area contributed by atoms with Crippen LogP contribution in [0.25, 0.3) is 10.9 Å². The number of H-pyrrole nitrogens is 1. The number of fused-ring (bicyclic) bond motifs is 1. The maximum absolute atomic E-state index is 13.2. The fourth-order valence-electron chi connectivity index (χ4n) is 2.82. The van der Waals surface area contributed by atoms with Crippen LogP contribution in [-0.2, 0) is 27.1 Å². The molecular weight excluding hydrogens is 311 g/mol. The summed E-state index contributed by atoms with van der Waals surface area (Å²) >= 11 is 0. The number of nitrogens with zero attached hydrogens (tertiary/aromatic N) is 2. The summed E-state index contributed by atoms with van der Waals surface area (Å²) in [5.74, 6) is -0.264. The molecular formula is C17H19FN4O2. The molecule has 6 nitrogen and oxygen atoms in total. The van der Waals surface area contributed by atoms with Crippen LogP contribution >= 0.6 is 0 Å². The van der Waals surface area contributed by atoms with E-state index in [9.17, 15) is 14.0 Å². The Morgan fingerprint density at radius 3 is 2.79 bits per heavy atom. The molecule has 0 spiro atoms. The number of aromatic nitrogens is 3. The van der Waals surface area contributed by atoms with Gasteiger partial charge in [-0.3, -0.25) is 9.36 Å². The number of aromatic amines is 1. The van der Waals surface area contributed by atoms with Gasteiger partial charge >= 0.3 is 5.69 Å². The average molecular weight is 330 g/mol. The molecule has 0 saturated heterocycles. The highest BCUT2D eigenvalue weighted by atomic mass is 19.1. The molecule has 0 atom stereocenters. The lowest BCUT2D eigenvalue weighted by Crippen LogP contribution is -2.39. The van der Waals surface area contributed by atoms with E-state index in [1.165, 1.54) is 23.7 Å². The zero-order valence-corrected chi connectivity index (χ0v) is 13.6. The van der Waals surface area contributed by atoms with Crippen molar-refractivity contribution in [3.8, 4) is 0 Å². The molecule has 0 saturated carbocycles. The summed E-state index contributed by atoms with van der Waals surface area (Å²) in [6.07, 6.45) is 4.18. The highest BCUT2D eigenvalue weighted by Gasteiger charge is 2.07. The number of hydrogen-bond acceptors (Lipinski definition) is 3. The first-order valence-electron chi connectivity index (χ1n) is 7.69. The van der Waals surface area contributed by atoms with Gasteiger partial charge in [0.2, 0.25) is 0 Å². The lowest BCUT2D eigenvalue weighted by molar-refractivity contribution is 0.629. The van der Waals surface area contributed by atoms with Gasteiger partial charge in [-0.25, -0.2) is 9.18 Å². The van der Waals surface area contributed by atoms with Crippen molar-refractivity contribution in [3.05, 3.63) is 68.4 Å². The normalized spacial score (nSPS) is 11.3. The van der Waals surface area contributed by atoms with Crippen LogP contribution in [0.1, 0.15) is 11.1 Å². The molecule has 0 aliphatic heterocycles. The molecule has 0 radical (unpaired) electrons. The van der Waals surface area contributed by atoms with Crippen molar-refractivity contribution in [2.24, 2.45) is 14.1 Å². The highest BCUT2D eigenvalue weighted by molar-refractivity contribution is 5.83. The standard InChI is InChI=1S/C17H19FN4O2/c1-21-10-12(16(23)22(2)17(21)24)8-19-6-5-11-9-20-15-7-13(18)3-4-14(11)15/h3-4,7,9-10,19-20H,5-6,8H2,1-2H3. The summed E-state index contributed by atoms with van der Waals surface area (Å²) in [6.45, 7) is 1.05. The highest BCUT2D eigenvalue weighted by Crippen LogP contribution is 2.19. The maximum atomic E-state index is 13.2. The zero-order chi connectivity index (χ0) is 17.3. The fourth-order valence-corrected chi connectivity index (χ4v) is 2.82. The summed E-state index contributed by atoms with van der Waals surface area (Å²) in [5.41, 5.74) is 1.78. The van der Waals surface area contributed by atoms with Crippen molar-refractivity contribution in [1.82, 2.24) is 19.4 Å². The number of halogens is 1. The topological polar surface area (TPSA) is 71.8 Å². The molecule has 3 rings (SSSR count). The third-order valence-electron chi connectivity index (χ3n) is 4.13. The largest absolute Gasteiger partial charge is 0.361 e. The van der Waals surface area contributed by atoms with Gasteiger partial charge < -0.3 is 14.9 Å². The van der Waals surface area contributed by atoms with Gasteiger partial charge in [0.1, 0.15) is 5.82 Å². The third kappa shape index (κ3) is 3.03. The van der Waals surface area contributed by atoms with E-state index in [-0.39, 0.29) is 17.1 Å². The van der Waals surface area contributed by atoms with Gasteiger partial charge in [0.15, 0.2) is 0 Å². The molecule has 0 amide bonds. The molecule has 2 aromatic heterocycles. The number of aryl methyl sites for hydroxylation is 1. The van der Waals surface area contributed by atoms with E-state index in [2.05, 4.69) is 10.3 Å². The van der Waals surface area contributed by atoms with Crippen molar-refractivity contribution in [2.75, 3.05) is 6.54 Å². The quantitative estimate of drug-likeness (QED) is 0.687. The SMILES string of the molecule is Cn1cc(CNCCc2c[nH]c3cc(F)ccc23)c(=O)n(C)c1=O. The Bertz CT molecular complexity index is 1000. The second-order valence-electron chi connectivity index (χ2n) is 5.84. The predicted octanol–water partition coefficient (Wildman–Crippen LogP) is 1.04. The number of rotatable bonds is 5. The number of hydrogen-bond donors (Lipinski definition) is 2. The van der Waals surface area contributed by atoms with Crippen molar-refractivity contribution in [3.63, 3.8) is 0 Å². The molecule has 2 heterocycles. The maximum Gasteiger partial charge on any atom is 0.330 e. The van der Waals surface area contributed by atoms with Gasteiger partial charge in [0.05, 0.1) is 0 Å². The molecule has 0 aliphatic carbocycles. The second kappa shape index (κ2) is 6.45. The fraction of sp³-hybridized carbons (Fsp3) is 0.294. The van der Waals surface area contributed by atoms with Gasteiger partial charge in [-0.15, -0.1) is 0 Å². The predicted molar refractivity (Wildman–Crippen MR) is 90.6 cm³/mol. The molecule has 1 aromatic carbocycles. The first kappa shape index (κ1) is 16.2. The van der Waals surface area contributed by atoms with E-state index in [1.807, 2.05) is 6.20 Å². The Morgan fingerprint density at radius 2 is 2.00 bits per heavy atom. The minimum atomic E-state index is -0.338. The van der Waals surface area contributed by atoms with Crippen LogP contribution in [0.5, 0.6) is 0 Å². The van der Waals surface area contributed by atoms with Crippen LogP contribution in [0.15, 0.2) is 40.2 Å². The van der Waals surface area contributed by atoms with Crippen molar-refractivity contribution < 1.29 is 4.39 Å². The molecule has 0 unspecified atom stereocenters. The average Bonchev–Trinajstić information content (AvgIpc) is 2.96. The molecule has 0 fully saturated rings. The molecule has 0 aliphatic rings.